The molecule has 1 N–H and O–H groups in total. The zero-order chi connectivity index (χ0) is 19.3. The van der Waals surface area contributed by atoms with Crippen LogP contribution in [0.1, 0.15) is 21.7 Å². The van der Waals surface area contributed by atoms with Gasteiger partial charge in [0.2, 0.25) is 0 Å². The summed E-state index contributed by atoms with van der Waals surface area (Å²) in [6.07, 6.45) is 5.31. The van der Waals surface area contributed by atoms with Crippen molar-refractivity contribution in [3.8, 4) is 11.4 Å². The number of imidazole rings is 1. The number of aromatic nitrogens is 4. The lowest BCUT2D eigenvalue weighted by Crippen LogP contribution is -2.12. The fourth-order valence-corrected chi connectivity index (χ4v) is 3.14. The Morgan fingerprint density at radius 1 is 1.18 bits per heavy atom. The molecule has 4 rings (SSSR count). The van der Waals surface area contributed by atoms with Gasteiger partial charge in [0.25, 0.3) is 5.91 Å². The minimum atomic E-state index is -0.202. The Labute approximate surface area is 166 Å². The van der Waals surface area contributed by atoms with Crippen LogP contribution < -0.4 is 10.1 Å². The van der Waals surface area contributed by atoms with Gasteiger partial charge in [0.15, 0.2) is 0 Å². The number of ether oxygens (including phenoxy) is 1. The normalized spacial score (nSPS) is 10.6. The van der Waals surface area contributed by atoms with E-state index in [1.165, 1.54) is 0 Å². The molecule has 4 aromatic rings. The standard InChI is InChI=1S/C20H17N5O2S/c1-14-19(24-28-23-14)12-27-18-4-2-3-15(11-18)20(26)22-16-5-7-17(8-6-16)25-10-9-21-13-25/h2-11,13H,12H2,1H3,(H,22,26). The Balaban J connectivity index is 1.41. The van der Waals surface area contributed by atoms with Crippen molar-refractivity contribution in [2.45, 2.75) is 13.5 Å². The van der Waals surface area contributed by atoms with Crippen LogP contribution in [-0.4, -0.2) is 24.2 Å². The van der Waals surface area contributed by atoms with Gasteiger partial charge < -0.3 is 14.6 Å². The molecule has 0 radical (unpaired) electrons. The lowest BCUT2D eigenvalue weighted by molar-refractivity contribution is 0.102. The molecule has 0 aliphatic heterocycles. The molecule has 0 saturated heterocycles. The van der Waals surface area contributed by atoms with E-state index in [0.717, 1.165) is 28.8 Å². The highest BCUT2D eigenvalue weighted by molar-refractivity contribution is 6.99. The van der Waals surface area contributed by atoms with Crippen molar-refractivity contribution in [1.29, 1.82) is 0 Å². The molecule has 1 amide bonds. The van der Waals surface area contributed by atoms with Gasteiger partial charge in [0, 0.05) is 29.3 Å². The van der Waals surface area contributed by atoms with E-state index in [4.69, 9.17) is 4.74 Å². The molecule has 0 atom stereocenters. The van der Waals surface area contributed by atoms with E-state index in [1.807, 2.05) is 48.0 Å². The van der Waals surface area contributed by atoms with Crippen molar-refractivity contribution >= 4 is 23.3 Å². The Bertz CT molecular complexity index is 1070. The molecule has 0 spiro atoms. The summed E-state index contributed by atoms with van der Waals surface area (Å²) >= 11 is 1.16. The van der Waals surface area contributed by atoms with Crippen molar-refractivity contribution < 1.29 is 9.53 Å². The van der Waals surface area contributed by atoms with Gasteiger partial charge >= 0.3 is 0 Å². The maximum absolute atomic E-state index is 12.6. The molecular formula is C20H17N5O2S. The lowest BCUT2D eigenvalue weighted by atomic mass is 10.2. The van der Waals surface area contributed by atoms with Gasteiger partial charge in [-0.1, -0.05) is 6.07 Å². The molecule has 2 aromatic carbocycles. The molecule has 7 nitrogen and oxygen atoms in total. The number of hydrogen-bond donors (Lipinski definition) is 1. The first-order chi connectivity index (χ1) is 13.7. The molecule has 2 heterocycles. The van der Waals surface area contributed by atoms with Crippen LogP contribution in [0, 0.1) is 6.92 Å². The number of nitrogens with one attached hydrogen (secondary N) is 1. The summed E-state index contributed by atoms with van der Waals surface area (Å²) in [6, 6.07) is 14.6. The van der Waals surface area contributed by atoms with Crippen LogP contribution in [0.25, 0.3) is 5.69 Å². The summed E-state index contributed by atoms with van der Waals surface area (Å²) in [6.45, 7) is 2.22. The van der Waals surface area contributed by atoms with Crippen LogP contribution >= 0.6 is 11.7 Å². The van der Waals surface area contributed by atoms with Crippen molar-refractivity contribution in [3.05, 3.63) is 84.2 Å². The second-order valence-electron chi connectivity index (χ2n) is 6.08. The molecule has 28 heavy (non-hydrogen) atoms. The van der Waals surface area contributed by atoms with Gasteiger partial charge in [-0.2, -0.15) is 8.75 Å². The zero-order valence-corrected chi connectivity index (χ0v) is 15.9. The fraction of sp³-hybridized carbons (Fsp3) is 0.100. The average Bonchev–Trinajstić information content (AvgIpc) is 3.39. The Hall–Kier alpha value is -3.52. The van der Waals surface area contributed by atoms with E-state index in [-0.39, 0.29) is 5.91 Å². The van der Waals surface area contributed by atoms with Crippen molar-refractivity contribution in [3.63, 3.8) is 0 Å². The van der Waals surface area contributed by atoms with Crippen LogP contribution in [-0.2, 0) is 6.61 Å². The first kappa shape index (κ1) is 17.9. The Morgan fingerprint density at radius 2 is 2.04 bits per heavy atom. The van der Waals surface area contributed by atoms with Gasteiger partial charge in [0.05, 0.1) is 23.7 Å². The van der Waals surface area contributed by atoms with E-state index in [9.17, 15) is 4.79 Å². The highest BCUT2D eigenvalue weighted by atomic mass is 32.1. The number of aryl methyl sites for hydroxylation is 1. The predicted octanol–water partition coefficient (Wildman–Crippen LogP) is 3.86. The monoisotopic (exact) mass is 391 g/mol. The first-order valence-corrected chi connectivity index (χ1v) is 9.33. The van der Waals surface area contributed by atoms with Crippen LogP contribution in [0.5, 0.6) is 5.75 Å². The summed E-state index contributed by atoms with van der Waals surface area (Å²) in [5, 5.41) is 2.90. The maximum atomic E-state index is 12.6. The number of benzene rings is 2. The summed E-state index contributed by atoms with van der Waals surface area (Å²) in [5.74, 6) is 0.405. The van der Waals surface area contributed by atoms with Crippen molar-refractivity contribution in [1.82, 2.24) is 18.3 Å². The zero-order valence-electron chi connectivity index (χ0n) is 15.1. The molecule has 0 saturated carbocycles. The van der Waals surface area contributed by atoms with E-state index in [0.29, 0.717) is 23.6 Å². The van der Waals surface area contributed by atoms with Gasteiger partial charge in [-0.15, -0.1) is 0 Å². The number of carbonyl (C=O) groups is 1. The van der Waals surface area contributed by atoms with E-state index >= 15 is 0 Å². The summed E-state index contributed by atoms with van der Waals surface area (Å²) in [7, 11) is 0. The second kappa shape index (κ2) is 8.01. The largest absolute Gasteiger partial charge is 0.487 e. The fourth-order valence-electron chi connectivity index (χ4n) is 2.59. The molecule has 0 aliphatic rings. The number of hydrogen-bond acceptors (Lipinski definition) is 6. The molecule has 0 bridgehead atoms. The SMILES string of the molecule is Cc1nsnc1COc1cccc(C(=O)Nc2ccc(-n3ccnc3)cc2)c1. The van der Waals surface area contributed by atoms with E-state index < -0.39 is 0 Å². The van der Waals surface area contributed by atoms with Crippen LogP contribution in [0.3, 0.4) is 0 Å². The Kier molecular flexibility index (Phi) is 5.11. The first-order valence-electron chi connectivity index (χ1n) is 8.60. The molecule has 8 heteroatoms. The summed E-state index contributed by atoms with van der Waals surface area (Å²) in [5.41, 5.74) is 3.86. The lowest BCUT2D eigenvalue weighted by Gasteiger charge is -2.09. The highest BCUT2D eigenvalue weighted by Crippen LogP contribution is 2.18. The quantitative estimate of drug-likeness (QED) is 0.540. The third-order valence-corrected chi connectivity index (χ3v) is 4.80. The van der Waals surface area contributed by atoms with Gasteiger partial charge in [-0.25, -0.2) is 4.98 Å². The topological polar surface area (TPSA) is 81.9 Å². The number of carbonyl (C=O) groups excluding carboxylic acids is 1. The highest BCUT2D eigenvalue weighted by Gasteiger charge is 2.09. The van der Waals surface area contributed by atoms with E-state index in [1.54, 1.807) is 30.7 Å². The molecular weight excluding hydrogens is 374 g/mol. The number of amides is 1. The minimum absolute atomic E-state index is 0.202. The number of nitrogens with zero attached hydrogens (tertiary/aromatic N) is 4. The van der Waals surface area contributed by atoms with Crippen LogP contribution in [0.2, 0.25) is 0 Å². The Morgan fingerprint density at radius 3 is 2.75 bits per heavy atom. The maximum Gasteiger partial charge on any atom is 0.255 e. The smallest absolute Gasteiger partial charge is 0.255 e. The molecule has 0 unspecified atom stereocenters. The van der Waals surface area contributed by atoms with Crippen molar-refractivity contribution in [2.75, 3.05) is 5.32 Å². The summed E-state index contributed by atoms with van der Waals surface area (Å²) < 4.78 is 16.0. The third kappa shape index (κ3) is 4.07. The third-order valence-electron chi connectivity index (χ3n) is 4.15. The minimum Gasteiger partial charge on any atom is -0.487 e. The summed E-state index contributed by atoms with van der Waals surface area (Å²) in [4.78, 5) is 16.6. The molecule has 140 valence electrons. The van der Waals surface area contributed by atoms with Gasteiger partial charge in [0.1, 0.15) is 18.1 Å². The predicted molar refractivity (Wildman–Crippen MR) is 107 cm³/mol. The molecule has 2 aromatic heterocycles. The number of anilines is 1. The van der Waals surface area contributed by atoms with Crippen LogP contribution in [0.15, 0.2) is 67.3 Å². The van der Waals surface area contributed by atoms with E-state index in [2.05, 4.69) is 19.0 Å². The van der Waals surface area contributed by atoms with Crippen molar-refractivity contribution in [2.24, 2.45) is 0 Å². The van der Waals surface area contributed by atoms with Gasteiger partial charge in [-0.3, -0.25) is 4.79 Å². The molecule has 0 aliphatic carbocycles. The van der Waals surface area contributed by atoms with Gasteiger partial charge in [-0.05, 0) is 49.4 Å². The second-order valence-corrected chi connectivity index (χ2v) is 6.61. The molecule has 0 fully saturated rings. The number of rotatable bonds is 6. The average molecular weight is 391 g/mol. The van der Waals surface area contributed by atoms with Crippen LogP contribution in [0.4, 0.5) is 5.69 Å².